The van der Waals surface area contributed by atoms with Crippen LogP contribution in [0, 0.1) is 23.4 Å². The van der Waals surface area contributed by atoms with E-state index >= 15 is 0 Å². The zero-order chi connectivity index (χ0) is 20.4. The fourth-order valence-electron chi connectivity index (χ4n) is 3.15. The third kappa shape index (κ3) is 4.14. The van der Waals surface area contributed by atoms with E-state index in [-0.39, 0.29) is 17.2 Å². The predicted molar refractivity (Wildman–Crippen MR) is 99.9 cm³/mol. The number of hydrogen-bond acceptors (Lipinski definition) is 4. The number of aromatic nitrogens is 2. The van der Waals surface area contributed by atoms with E-state index in [0.717, 1.165) is 12.1 Å². The molecule has 0 aliphatic carbocycles. The van der Waals surface area contributed by atoms with Gasteiger partial charge in [-0.1, -0.05) is 13.8 Å². The van der Waals surface area contributed by atoms with Crippen LogP contribution < -0.4 is 10.2 Å². The number of amides is 2. The highest BCUT2D eigenvalue weighted by atomic mass is 35.5. The maximum absolute atomic E-state index is 13.9. The van der Waals surface area contributed by atoms with Gasteiger partial charge in [0.05, 0.1) is 11.7 Å². The molecule has 1 unspecified atom stereocenters. The van der Waals surface area contributed by atoms with Crippen LogP contribution in [0.2, 0.25) is 5.28 Å². The van der Waals surface area contributed by atoms with Crippen molar-refractivity contribution in [2.75, 3.05) is 29.9 Å². The van der Waals surface area contributed by atoms with Gasteiger partial charge >= 0.3 is 6.03 Å². The first kappa shape index (κ1) is 20.2. The molecule has 28 heavy (non-hydrogen) atoms. The molecular weight excluding hydrogens is 395 g/mol. The molecule has 1 N–H and O–H groups in total. The third-order valence-corrected chi connectivity index (χ3v) is 4.84. The summed E-state index contributed by atoms with van der Waals surface area (Å²) >= 11 is 5.85. The van der Waals surface area contributed by atoms with Gasteiger partial charge in [0.25, 0.3) is 0 Å². The summed E-state index contributed by atoms with van der Waals surface area (Å²) in [6.07, 6.45) is 1.56. The number of nitrogens with one attached hydrogen (secondary N) is 1. The molecule has 1 aromatic carbocycles. The van der Waals surface area contributed by atoms with E-state index < -0.39 is 29.2 Å². The van der Waals surface area contributed by atoms with Crippen LogP contribution in [0.15, 0.2) is 24.4 Å². The Hall–Kier alpha value is -2.55. The summed E-state index contributed by atoms with van der Waals surface area (Å²) in [6, 6.07) is 2.70. The maximum atomic E-state index is 13.9. The van der Waals surface area contributed by atoms with Crippen LogP contribution in [0.3, 0.4) is 0 Å². The first-order valence-corrected chi connectivity index (χ1v) is 9.10. The highest BCUT2D eigenvalue weighted by molar-refractivity contribution is 6.28. The number of urea groups is 1. The number of hydrogen-bond donors (Lipinski definition) is 1. The Morgan fingerprint density at radius 2 is 1.96 bits per heavy atom. The number of halogens is 4. The Kier molecular flexibility index (Phi) is 5.93. The summed E-state index contributed by atoms with van der Waals surface area (Å²) in [4.78, 5) is 24.3. The van der Waals surface area contributed by atoms with Gasteiger partial charge in [0.1, 0.15) is 5.82 Å². The number of carbonyl (C=O) groups excluding carboxylic acids is 1. The van der Waals surface area contributed by atoms with Gasteiger partial charge in [0, 0.05) is 25.8 Å². The minimum Gasteiger partial charge on any atom is -0.353 e. The monoisotopic (exact) mass is 413 g/mol. The number of benzene rings is 1. The topological polar surface area (TPSA) is 61.4 Å². The number of piperazine rings is 1. The fourth-order valence-corrected chi connectivity index (χ4v) is 3.30. The summed E-state index contributed by atoms with van der Waals surface area (Å²) in [5.74, 6) is -3.63. The molecule has 1 aromatic heterocycles. The van der Waals surface area contributed by atoms with E-state index in [1.807, 2.05) is 18.7 Å². The Morgan fingerprint density at radius 3 is 2.64 bits per heavy atom. The number of carbonyl (C=O) groups is 1. The summed E-state index contributed by atoms with van der Waals surface area (Å²) < 4.78 is 40.4. The van der Waals surface area contributed by atoms with E-state index in [1.54, 1.807) is 17.2 Å². The second kappa shape index (κ2) is 8.22. The molecular formula is C18H19ClF3N5O. The number of anilines is 2. The molecule has 0 bridgehead atoms. The van der Waals surface area contributed by atoms with Crippen LogP contribution in [-0.4, -0.2) is 46.6 Å². The van der Waals surface area contributed by atoms with Gasteiger partial charge in [-0.3, -0.25) is 0 Å². The molecule has 3 rings (SSSR count). The van der Waals surface area contributed by atoms with E-state index in [9.17, 15) is 18.0 Å². The molecule has 1 aliphatic rings. The average Bonchev–Trinajstić information content (AvgIpc) is 2.68. The molecule has 2 aromatic rings. The van der Waals surface area contributed by atoms with Crippen LogP contribution in [0.5, 0.6) is 0 Å². The number of nitrogens with zero attached hydrogens (tertiary/aromatic N) is 4. The molecule has 2 heterocycles. The van der Waals surface area contributed by atoms with Crippen LogP contribution in [0.4, 0.5) is 29.5 Å². The predicted octanol–water partition coefficient (Wildman–Crippen LogP) is 3.93. The quantitative estimate of drug-likeness (QED) is 0.612. The molecule has 2 amide bonds. The summed E-state index contributed by atoms with van der Waals surface area (Å²) in [5, 5.41) is 2.47. The van der Waals surface area contributed by atoms with Crippen molar-refractivity contribution in [3.05, 3.63) is 47.1 Å². The fraction of sp³-hybridized carbons (Fsp3) is 0.389. The molecule has 10 heteroatoms. The Balaban J connectivity index is 1.76. The highest BCUT2D eigenvalue weighted by Gasteiger charge is 2.33. The SMILES string of the molecule is CC(C)C1CN(c2ccnc(Cl)n2)CCN1C(=O)Nc1ccc(F)c(F)c1F. The molecule has 0 saturated carbocycles. The lowest BCUT2D eigenvalue weighted by Crippen LogP contribution is -2.58. The lowest BCUT2D eigenvalue weighted by molar-refractivity contribution is 0.156. The molecule has 1 aliphatic heterocycles. The van der Waals surface area contributed by atoms with Crippen LogP contribution in [0.1, 0.15) is 13.8 Å². The van der Waals surface area contributed by atoms with Gasteiger partial charge in [0.2, 0.25) is 5.28 Å². The standard InChI is InChI=1S/C18H19ClF3N5O/c1-10(2)13-9-26(14-5-6-23-17(19)25-14)7-8-27(13)18(28)24-12-4-3-11(20)15(21)16(12)22/h3-6,10,13H,7-9H2,1-2H3,(H,24,28). The molecule has 0 radical (unpaired) electrons. The van der Waals surface area contributed by atoms with Crippen molar-refractivity contribution in [1.82, 2.24) is 14.9 Å². The Morgan fingerprint density at radius 1 is 1.21 bits per heavy atom. The minimum atomic E-state index is -1.62. The molecule has 1 saturated heterocycles. The van der Waals surface area contributed by atoms with Crippen molar-refractivity contribution in [2.24, 2.45) is 5.92 Å². The zero-order valence-corrected chi connectivity index (χ0v) is 16.1. The smallest absolute Gasteiger partial charge is 0.322 e. The Bertz CT molecular complexity index is 882. The lowest BCUT2D eigenvalue weighted by Gasteiger charge is -2.43. The van der Waals surface area contributed by atoms with Crippen LogP contribution >= 0.6 is 11.6 Å². The second-order valence-electron chi connectivity index (χ2n) is 6.79. The molecule has 6 nitrogen and oxygen atoms in total. The van der Waals surface area contributed by atoms with Crippen molar-refractivity contribution < 1.29 is 18.0 Å². The molecule has 0 spiro atoms. The third-order valence-electron chi connectivity index (χ3n) is 4.66. The lowest BCUT2D eigenvalue weighted by atomic mass is 10.00. The van der Waals surface area contributed by atoms with Crippen LogP contribution in [-0.2, 0) is 0 Å². The molecule has 1 atom stereocenters. The second-order valence-corrected chi connectivity index (χ2v) is 7.13. The van der Waals surface area contributed by atoms with Gasteiger partial charge in [-0.05, 0) is 35.7 Å². The number of rotatable bonds is 3. The van der Waals surface area contributed by atoms with Crippen molar-refractivity contribution in [1.29, 1.82) is 0 Å². The molecule has 150 valence electrons. The van der Waals surface area contributed by atoms with Crippen molar-refractivity contribution in [2.45, 2.75) is 19.9 Å². The summed E-state index contributed by atoms with van der Waals surface area (Å²) in [7, 11) is 0. The van der Waals surface area contributed by atoms with Crippen molar-refractivity contribution in [3.63, 3.8) is 0 Å². The van der Waals surface area contributed by atoms with Crippen LogP contribution in [0.25, 0.3) is 0 Å². The van der Waals surface area contributed by atoms with Crippen molar-refractivity contribution in [3.8, 4) is 0 Å². The van der Waals surface area contributed by atoms with E-state index in [1.165, 1.54) is 0 Å². The largest absolute Gasteiger partial charge is 0.353 e. The van der Waals surface area contributed by atoms with Gasteiger partial charge < -0.3 is 15.1 Å². The summed E-state index contributed by atoms with van der Waals surface area (Å²) in [6.45, 7) is 5.21. The van der Waals surface area contributed by atoms with Gasteiger partial charge in [-0.2, -0.15) is 0 Å². The van der Waals surface area contributed by atoms with Gasteiger partial charge in [-0.15, -0.1) is 0 Å². The summed E-state index contributed by atoms with van der Waals surface area (Å²) in [5.41, 5.74) is -0.406. The Labute approximate surface area is 165 Å². The average molecular weight is 414 g/mol. The van der Waals surface area contributed by atoms with Gasteiger partial charge in [0.15, 0.2) is 17.5 Å². The maximum Gasteiger partial charge on any atom is 0.322 e. The zero-order valence-electron chi connectivity index (χ0n) is 15.3. The van der Waals surface area contributed by atoms with Crippen molar-refractivity contribution >= 4 is 29.1 Å². The molecule has 1 fully saturated rings. The van der Waals surface area contributed by atoms with E-state index in [2.05, 4.69) is 15.3 Å². The first-order chi connectivity index (χ1) is 13.3. The normalized spacial score (nSPS) is 17.2. The minimum absolute atomic E-state index is 0.0839. The van der Waals surface area contributed by atoms with E-state index in [4.69, 9.17) is 11.6 Å². The first-order valence-electron chi connectivity index (χ1n) is 8.72. The van der Waals surface area contributed by atoms with Gasteiger partial charge in [-0.25, -0.2) is 27.9 Å². The highest BCUT2D eigenvalue weighted by Crippen LogP contribution is 2.24. The van der Waals surface area contributed by atoms with E-state index in [0.29, 0.717) is 25.5 Å².